The van der Waals surface area contributed by atoms with Gasteiger partial charge in [-0.1, -0.05) is 6.07 Å². The highest BCUT2D eigenvalue weighted by molar-refractivity contribution is 5.91. The Morgan fingerprint density at radius 2 is 2.10 bits per heavy atom. The SMILES string of the molecule is O=C1CC[C@H](C(=O)NC2(c3ccc4c(c3)OCO4)CC2)N1. The van der Waals surface area contributed by atoms with Crippen molar-refractivity contribution in [3.63, 3.8) is 0 Å². The number of nitrogens with one attached hydrogen (secondary N) is 2. The molecule has 0 unspecified atom stereocenters. The molecule has 2 amide bonds. The first kappa shape index (κ1) is 12.5. The van der Waals surface area contributed by atoms with Crippen LogP contribution in [0.25, 0.3) is 0 Å². The molecule has 1 aliphatic carbocycles. The minimum absolute atomic E-state index is 0.0527. The second kappa shape index (κ2) is 4.38. The number of ether oxygens (including phenoxy) is 2. The Bertz CT molecular complexity index is 624. The minimum Gasteiger partial charge on any atom is -0.454 e. The fourth-order valence-corrected chi connectivity index (χ4v) is 2.94. The van der Waals surface area contributed by atoms with Crippen molar-refractivity contribution >= 4 is 11.8 Å². The normalized spacial score (nSPS) is 24.6. The van der Waals surface area contributed by atoms with Crippen LogP contribution in [0.3, 0.4) is 0 Å². The fraction of sp³-hybridized carbons (Fsp3) is 0.467. The van der Waals surface area contributed by atoms with Crippen LogP contribution in [0.15, 0.2) is 18.2 Å². The molecule has 2 fully saturated rings. The summed E-state index contributed by atoms with van der Waals surface area (Å²) in [6.45, 7) is 0.242. The molecule has 0 spiro atoms. The van der Waals surface area contributed by atoms with E-state index >= 15 is 0 Å². The zero-order chi connectivity index (χ0) is 14.4. The monoisotopic (exact) mass is 288 g/mol. The van der Waals surface area contributed by atoms with Crippen LogP contribution in [0.5, 0.6) is 11.5 Å². The number of benzene rings is 1. The number of rotatable bonds is 3. The lowest BCUT2D eigenvalue weighted by Gasteiger charge is -2.20. The van der Waals surface area contributed by atoms with Gasteiger partial charge in [0.1, 0.15) is 6.04 Å². The van der Waals surface area contributed by atoms with Crippen molar-refractivity contribution in [3.05, 3.63) is 23.8 Å². The second-order valence-corrected chi connectivity index (χ2v) is 5.80. The summed E-state index contributed by atoms with van der Waals surface area (Å²) in [4.78, 5) is 23.5. The van der Waals surface area contributed by atoms with Gasteiger partial charge in [0.05, 0.1) is 5.54 Å². The van der Waals surface area contributed by atoms with Gasteiger partial charge in [-0.15, -0.1) is 0 Å². The number of hydrogen-bond acceptors (Lipinski definition) is 4. The Labute approximate surface area is 121 Å². The van der Waals surface area contributed by atoms with Crippen LogP contribution in [0.2, 0.25) is 0 Å². The lowest BCUT2D eigenvalue weighted by molar-refractivity contribution is -0.126. The van der Waals surface area contributed by atoms with E-state index in [2.05, 4.69) is 10.6 Å². The first-order chi connectivity index (χ1) is 10.2. The van der Waals surface area contributed by atoms with Crippen molar-refractivity contribution in [3.8, 4) is 11.5 Å². The summed E-state index contributed by atoms with van der Waals surface area (Å²) in [5.74, 6) is 1.31. The van der Waals surface area contributed by atoms with Gasteiger partial charge in [-0.25, -0.2) is 0 Å². The minimum atomic E-state index is -0.399. The van der Waals surface area contributed by atoms with E-state index in [4.69, 9.17) is 9.47 Å². The van der Waals surface area contributed by atoms with Crippen LogP contribution in [-0.4, -0.2) is 24.6 Å². The third-order valence-electron chi connectivity index (χ3n) is 4.35. The van der Waals surface area contributed by atoms with Crippen LogP contribution in [0.4, 0.5) is 0 Å². The summed E-state index contributed by atoms with van der Waals surface area (Å²) in [5.41, 5.74) is 0.718. The molecule has 110 valence electrons. The van der Waals surface area contributed by atoms with Gasteiger partial charge in [0.15, 0.2) is 11.5 Å². The largest absolute Gasteiger partial charge is 0.454 e. The molecule has 2 aliphatic heterocycles. The van der Waals surface area contributed by atoms with Crippen LogP contribution in [0, 0.1) is 0 Å². The molecule has 0 radical (unpaired) electrons. The third-order valence-corrected chi connectivity index (χ3v) is 4.35. The summed E-state index contributed by atoms with van der Waals surface area (Å²) in [6, 6.07) is 5.38. The molecule has 0 aromatic heterocycles. The lowest BCUT2D eigenvalue weighted by atomic mass is 10.0. The highest BCUT2D eigenvalue weighted by Gasteiger charge is 2.47. The first-order valence-corrected chi connectivity index (χ1v) is 7.18. The predicted octanol–water partition coefficient (Wildman–Crippen LogP) is 0.799. The van der Waals surface area contributed by atoms with Crippen LogP contribution < -0.4 is 20.1 Å². The maximum absolute atomic E-state index is 12.3. The van der Waals surface area contributed by atoms with Crippen molar-refractivity contribution < 1.29 is 19.1 Å². The maximum Gasteiger partial charge on any atom is 0.243 e. The number of hydrogen-bond donors (Lipinski definition) is 2. The molecule has 2 N–H and O–H groups in total. The molecule has 1 atom stereocenters. The smallest absolute Gasteiger partial charge is 0.243 e. The van der Waals surface area contributed by atoms with E-state index in [1.807, 2.05) is 18.2 Å². The van der Waals surface area contributed by atoms with Crippen molar-refractivity contribution in [1.82, 2.24) is 10.6 Å². The standard InChI is InChI=1S/C15H16N2O4/c18-13-4-2-10(16-13)14(19)17-15(5-6-15)9-1-3-11-12(7-9)21-8-20-11/h1,3,7,10H,2,4-6,8H2,(H,16,18)(H,17,19)/t10-/m1/s1. The van der Waals surface area contributed by atoms with Crippen molar-refractivity contribution in [1.29, 1.82) is 0 Å². The van der Waals surface area contributed by atoms with Crippen LogP contribution in [0.1, 0.15) is 31.2 Å². The Kier molecular flexibility index (Phi) is 2.60. The third kappa shape index (κ3) is 2.11. The van der Waals surface area contributed by atoms with Gasteiger partial charge in [0.2, 0.25) is 18.6 Å². The Hall–Kier alpha value is -2.24. The summed E-state index contributed by atoms with van der Waals surface area (Å²) in [7, 11) is 0. The number of carbonyl (C=O) groups excluding carboxylic acids is 2. The van der Waals surface area contributed by atoms with E-state index in [0.717, 1.165) is 29.9 Å². The Balaban J connectivity index is 1.52. The molecule has 1 saturated carbocycles. The Morgan fingerprint density at radius 3 is 2.81 bits per heavy atom. The van der Waals surface area contributed by atoms with E-state index in [-0.39, 0.29) is 24.1 Å². The van der Waals surface area contributed by atoms with E-state index in [1.54, 1.807) is 0 Å². The lowest BCUT2D eigenvalue weighted by Crippen LogP contribution is -2.46. The number of carbonyl (C=O) groups is 2. The first-order valence-electron chi connectivity index (χ1n) is 7.18. The Morgan fingerprint density at radius 1 is 1.29 bits per heavy atom. The highest BCUT2D eigenvalue weighted by atomic mass is 16.7. The summed E-state index contributed by atoms with van der Waals surface area (Å²) in [5, 5.41) is 5.79. The zero-order valence-electron chi connectivity index (χ0n) is 11.5. The quantitative estimate of drug-likeness (QED) is 0.862. The molecular weight excluding hydrogens is 272 g/mol. The van der Waals surface area contributed by atoms with Gasteiger partial charge >= 0.3 is 0 Å². The molecular formula is C15H16N2O4. The van der Waals surface area contributed by atoms with E-state index in [0.29, 0.717) is 12.8 Å². The van der Waals surface area contributed by atoms with Crippen molar-refractivity contribution in [2.75, 3.05) is 6.79 Å². The molecule has 0 bridgehead atoms. The second-order valence-electron chi connectivity index (χ2n) is 5.80. The molecule has 6 nitrogen and oxygen atoms in total. The molecule has 6 heteroatoms. The van der Waals surface area contributed by atoms with Crippen molar-refractivity contribution in [2.45, 2.75) is 37.3 Å². The van der Waals surface area contributed by atoms with E-state index in [1.165, 1.54) is 0 Å². The topological polar surface area (TPSA) is 76.7 Å². The zero-order valence-corrected chi connectivity index (χ0v) is 11.5. The molecule has 2 heterocycles. The summed E-state index contributed by atoms with van der Waals surface area (Å²) < 4.78 is 10.7. The predicted molar refractivity (Wildman–Crippen MR) is 72.8 cm³/mol. The summed E-state index contributed by atoms with van der Waals surface area (Å²) >= 11 is 0. The molecule has 1 aromatic carbocycles. The van der Waals surface area contributed by atoms with Gasteiger partial charge in [0, 0.05) is 6.42 Å². The van der Waals surface area contributed by atoms with Gasteiger partial charge in [-0.2, -0.15) is 0 Å². The maximum atomic E-state index is 12.3. The average Bonchev–Trinajstić information content (AvgIpc) is 2.92. The molecule has 1 aromatic rings. The average molecular weight is 288 g/mol. The molecule has 4 rings (SSSR count). The van der Waals surface area contributed by atoms with E-state index in [9.17, 15) is 9.59 Å². The van der Waals surface area contributed by atoms with Crippen LogP contribution >= 0.6 is 0 Å². The number of fused-ring (bicyclic) bond motifs is 1. The number of amides is 2. The van der Waals surface area contributed by atoms with Gasteiger partial charge in [-0.05, 0) is 37.0 Å². The molecule has 21 heavy (non-hydrogen) atoms. The van der Waals surface area contributed by atoms with Gasteiger partial charge in [-0.3, -0.25) is 9.59 Å². The van der Waals surface area contributed by atoms with Gasteiger partial charge < -0.3 is 20.1 Å². The van der Waals surface area contributed by atoms with Crippen LogP contribution in [-0.2, 0) is 15.1 Å². The highest BCUT2D eigenvalue weighted by Crippen LogP contribution is 2.48. The molecule has 1 saturated heterocycles. The van der Waals surface area contributed by atoms with Crippen molar-refractivity contribution in [2.24, 2.45) is 0 Å². The fourth-order valence-electron chi connectivity index (χ4n) is 2.94. The van der Waals surface area contributed by atoms with Gasteiger partial charge in [0.25, 0.3) is 0 Å². The molecule has 3 aliphatic rings. The van der Waals surface area contributed by atoms with E-state index < -0.39 is 6.04 Å². The summed E-state index contributed by atoms with van der Waals surface area (Å²) in [6.07, 6.45) is 2.80.